The third-order valence-electron chi connectivity index (χ3n) is 2.16. The lowest BCUT2D eigenvalue weighted by Crippen LogP contribution is -2.05. The second-order valence-electron chi connectivity index (χ2n) is 3.53. The van der Waals surface area contributed by atoms with Gasteiger partial charge in [0.2, 0.25) is 0 Å². The van der Waals surface area contributed by atoms with Crippen LogP contribution in [0.5, 0.6) is 0 Å². The van der Waals surface area contributed by atoms with Crippen molar-refractivity contribution in [2.24, 2.45) is 0 Å². The van der Waals surface area contributed by atoms with Crippen LogP contribution in [0.4, 0.5) is 5.13 Å². The molecular formula is C11H18N2O2S. The topological polar surface area (TPSA) is 51.2 Å². The van der Waals surface area contributed by atoms with Crippen molar-refractivity contribution in [3.8, 4) is 0 Å². The van der Waals surface area contributed by atoms with Crippen LogP contribution >= 0.6 is 11.3 Å². The molecule has 4 nitrogen and oxygen atoms in total. The maximum absolute atomic E-state index is 11.0. The molecule has 5 heteroatoms. The van der Waals surface area contributed by atoms with Crippen LogP contribution in [0.2, 0.25) is 0 Å². The number of unbranched alkanes of at least 4 members (excludes halogenated alkanes) is 2. The van der Waals surface area contributed by atoms with E-state index in [-0.39, 0.29) is 12.4 Å². The van der Waals surface area contributed by atoms with E-state index in [4.69, 9.17) is 0 Å². The minimum atomic E-state index is -0.247. The molecule has 90 valence electrons. The highest BCUT2D eigenvalue weighted by atomic mass is 32.1. The number of aromatic nitrogens is 1. The van der Waals surface area contributed by atoms with E-state index in [0.29, 0.717) is 0 Å². The summed E-state index contributed by atoms with van der Waals surface area (Å²) in [7, 11) is 1.39. The van der Waals surface area contributed by atoms with Crippen LogP contribution in [0.25, 0.3) is 0 Å². The summed E-state index contributed by atoms with van der Waals surface area (Å²) in [6.07, 6.45) is 3.85. The van der Waals surface area contributed by atoms with Gasteiger partial charge in [0.25, 0.3) is 0 Å². The molecule has 1 rings (SSSR count). The highest BCUT2D eigenvalue weighted by molar-refractivity contribution is 7.13. The van der Waals surface area contributed by atoms with Crippen LogP contribution in [0.3, 0.4) is 0 Å². The molecule has 0 spiro atoms. The average molecular weight is 242 g/mol. The van der Waals surface area contributed by atoms with Gasteiger partial charge in [0, 0.05) is 11.9 Å². The molecular weight excluding hydrogens is 224 g/mol. The molecule has 0 bridgehead atoms. The first kappa shape index (κ1) is 13.0. The van der Waals surface area contributed by atoms with Crippen molar-refractivity contribution < 1.29 is 9.53 Å². The molecule has 1 aromatic rings. The van der Waals surface area contributed by atoms with Crippen LogP contribution in [0.15, 0.2) is 5.38 Å². The first-order valence-corrected chi connectivity index (χ1v) is 6.39. The summed E-state index contributed by atoms with van der Waals surface area (Å²) in [5.74, 6) is -0.247. The molecule has 1 aromatic heterocycles. The van der Waals surface area contributed by atoms with Crippen LogP contribution < -0.4 is 5.32 Å². The van der Waals surface area contributed by atoms with Crippen molar-refractivity contribution in [2.45, 2.75) is 32.6 Å². The zero-order chi connectivity index (χ0) is 11.8. The molecule has 0 aliphatic heterocycles. The van der Waals surface area contributed by atoms with Crippen molar-refractivity contribution in [3.63, 3.8) is 0 Å². The average Bonchev–Trinajstić information content (AvgIpc) is 2.72. The molecule has 1 N–H and O–H groups in total. The maximum atomic E-state index is 11.0. The summed E-state index contributed by atoms with van der Waals surface area (Å²) in [4.78, 5) is 15.3. The SMILES string of the molecule is CCCCCNc1nc(CC(=O)OC)cs1. The molecule has 0 radical (unpaired) electrons. The van der Waals surface area contributed by atoms with Gasteiger partial charge in [-0.25, -0.2) is 4.98 Å². The number of ether oxygens (including phenoxy) is 1. The third kappa shape index (κ3) is 4.61. The molecule has 16 heavy (non-hydrogen) atoms. The van der Waals surface area contributed by atoms with E-state index in [1.807, 2.05) is 5.38 Å². The summed E-state index contributed by atoms with van der Waals surface area (Å²) in [5.41, 5.74) is 0.773. The van der Waals surface area contributed by atoms with E-state index < -0.39 is 0 Å². The number of carbonyl (C=O) groups is 1. The minimum Gasteiger partial charge on any atom is -0.469 e. The molecule has 1 heterocycles. The first-order valence-electron chi connectivity index (χ1n) is 5.51. The van der Waals surface area contributed by atoms with Crippen molar-refractivity contribution in [2.75, 3.05) is 19.0 Å². The van der Waals surface area contributed by atoms with Crippen LogP contribution in [-0.4, -0.2) is 24.6 Å². The number of hydrogen-bond donors (Lipinski definition) is 1. The van der Waals surface area contributed by atoms with Gasteiger partial charge in [0.15, 0.2) is 5.13 Å². The zero-order valence-corrected chi connectivity index (χ0v) is 10.6. The Morgan fingerprint density at radius 2 is 2.38 bits per heavy atom. The number of methoxy groups -OCH3 is 1. The van der Waals surface area contributed by atoms with Crippen molar-refractivity contribution in [1.29, 1.82) is 0 Å². The van der Waals surface area contributed by atoms with E-state index in [1.54, 1.807) is 0 Å². The van der Waals surface area contributed by atoms with Gasteiger partial charge in [-0.15, -0.1) is 11.3 Å². The predicted molar refractivity (Wildman–Crippen MR) is 65.8 cm³/mol. The van der Waals surface area contributed by atoms with Crippen LogP contribution in [-0.2, 0) is 16.0 Å². The number of anilines is 1. The highest BCUT2D eigenvalue weighted by Gasteiger charge is 2.06. The number of carbonyl (C=O) groups excluding carboxylic acids is 1. The Morgan fingerprint density at radius 3 is 3.06 bits per heavy atom. The van der Waals surface area contributed by atoms with Gasteiger partial charge in [-0.2, -0.15) is 0 Å². The number of rotatable bonds is 7. The summed E-state index contributed by atoms with van der Waals surface area (Å²) < 4.78 is 4.58. The Hall–Kier alpha value is -1.10. The largest absolute Gasteiger partial charge is 0.469 e. The molecule has 0 atom stereocenters. The van der Waals surface area contributed by atoms with Gasteiger partial charge in [-0.05, 0) is 6.42 Å². The normalized spacial score (nSPS) is 10.1. The fourth-order valence-corrected chi connectivity index (χ4v) is 2.00. The van der Waals surface area contributed by atoms with Gasteiger partial charge in [-0.3, -0.25) is 4.79 Å². The number of esters is 1. The van der Waals surface area contributed by atoms with Gasteiger partial charge >= 0.3 is 5.97 Å². The Balaban J connectivity index is 2.30. The van der Waals surface area contributed by atoms with Crippen LogP contribution in [0, 0.1) is 0 Å². The number of thiazole rings is 1. The number of nitrogens with one attached hydrogen (secondary N) is 1. The van der Waals surface area contributed by atoms with E-state index in [2.05, 4.69) is 22.0 Å². The summed E-state index contributed by atoms with van der Waals surface area (Å²) in [6.45, 7) is 3.12. The molecule has 0 aliphatic rings. The lowest BCUT2D eigenvalue weighted by molar-refractivity contribution is -0.139. The molecule has 0 aliphatic carbocycles. The standard InChI is InChI=1S/C11H18N2O2S/c1-3-4-5-6-12-11-13-9(8-16-11)7-10(14)15-2/h8H,3-7H2,1-2H3,(H,12,13). The summed E-state index contributed by atoms with van der Waals surface area (Å²) >= 11 is 1.53. The first-order chi connectivity index (χ1) is 7.76. The maximum Gasteiger partial charge on any atom is 0.311 e. The second kappa shape index (κ2) is 7.22. The highest BCUT2D eigenvalue weighted by Crippen LogP contribution is 2.16. The Morgan fingerprint density at radius 1 is 1.56 bits per heavy atom. The fraction of sp³-hybridized carbons (Fsp3) is 0.636. The quantitative estimate of drug-likeness (QED) is 0.589. The molecule has 0 amide bonds. The zero-order valence-electron chi connectivity index (χ0n) is 9.78. The van der Waals surface area contributed by atoms with E-state index in [9.17, 15) is 4.79 Å². The molecule has 0 saturated carbocycles. The Bertz CT molecular complexity index is 326. The lowest BCUT2D eigenvalue weighted by Gasteiger charge is -2.00. The van der Waals surface area contributed by atoms with Crippen molar-refractivity contribution >= 4 is 22.4 Å². The second-order valence-corrected chi connectivity index (χ2v) is 4.39. The third-order valence-corrected chi connectivity index (χ3v) is 3.01. The monoisotopic (exact) mass is 242 g/mol. The van der Waals surface area contributed by atoms with Gasteiger partial charge in [0.05, 0.1) is 19.2 Å². The van der Waals surface area contributed by atoms with E-state index in [1.165, 1.54) is 31.3 Å². The predicted octanol–water partition coefficient (Wildman–Crippen LogP) is 2.46. The lowest BCUT2D eigenvalue weighted by atomic mass is 10.2. The summed E-state index contributed by atoms with van der Waals surface area (Å²) in [5, 5.41) is 6.02. The van der Waals surface area contributed by atoms with E-state index >= 15 is 0 Å². The summed E-state index contributed by atoms with van der Waals surface area (Å²) in [6, 6.07) is 0. The molecule has 0 saturated heterocycles. The Kier molecular flexibility index (Phi) is 5.85. The number of nitrogens with zero attached hydrogens (tertiary/aromatic N) is 1. The van der Waals surface area contributed by atoms with Crippen LogP contribution in [0.1, 0.15) is 31.9 Å². The Labute approximate surface area is 100 Å². The van der Waals surface area contributed by atoms with Crippen molar-refractivity contribution in [1.82, 2.24) is 4.98 Å². The molecule has 0 aromatic carbocycles. The van der Waals surface area contributed by atoms with E-state index in [0.717, 1.165) is 23.8 Å². The van der Waals surface area contributed by atoms with Gasteiger partial charge in [0.1, 0.15) is 0 Å². The molecule has 0 fully saturated rings. The van der Waals surface area contributed by atoms with Gasteiger partial charge in [-0.1, -0.05) is 19.8 Å². The number of hydrogen-bond acceptors (Lipinski definition) is 5. The minimum absolute atomic E-state index is 0.247. The molecule has 0 unspecified atom stereocenters. The van der Waals surface area contributed by atoms with Crippen molar-refractivity contribution in [3.05, 3.63) is 11.1 Å². The fourth-order valence-electron chi connectivity index (χ4n) is 1.26. The smallest absolute Gasteiger partial charge is 0.311 e. The van der Waals surface area contributed by atoms with Gasteiger partial charge < -0.3 is 10.1 Å².